The number of likely N-dealkylation sites (tertiary alicyclic amines) is 1. The van der Waals surface area contributed by atoms with Gasteiger partial charge >= 0.3 is 0 Å². The predicted molar refractivity (Wildman–Crippen MR) is 99.2 cm³/mol. The summed E-state index contributed by atoms with van der Waals surface area (Å²) in [5, 5.41) is 12.1. The first-order valence-electron chi connectivity index (χ1n) is 8.76. The number of hydrogen-bond donors (Lipinski definition) is 1. The third-order valence-corrected chi connectivity index (χ3v) is 4.47. The maximum atomic E-state index is 12.5. The molecule has 0 unspecified atom stereocenters. The van der Waals surface area contributed by atoms with E-state index in [1.54, 1.807) is 23.1 Å². The van der Waals surface area contributed by atoms with Crippen molar-refractivity contribution in [2.24, 2.45) is 5.92 Å². The number of hydrogen-bond acceptors (Lipinski definition) is 5. The van der Waals surface area contributed by atoms with Crippen molar-refractivity contribution in [1.29, 1.82) is 5.26 Å². The monoisotopic (exact) mass is 364 g/mol. The third kappa shape index (κ3) is 4.61. The number of nitriles is 1. The van der Waals surface area contributed by atoms with E-state index in [1.807, 2.05) is 25.1 Å². The Morgan fingerprint density at radius 3 is 2.70 bits per heavy atom. The Morgan fingerprint density at radius 1 is 1.30 bits per heavy atom. The van der Waals surface area contributed by atoms with E-state index in [9.17, 15) is 14.9 Å². The third-order valence-electron chi connectivity index (χ3n) is 4.47. The highest BCUT2D eigenvalue weighted by atomic mass is 16.3. The van der Waals surface area contributed by atoms with Gasteiger partial charge < -0.3 is 14.6 Å². The molecular formula is C20H20N4O3. The second-order valence-electron chi connectivity index (χ2n) is 6.41. The van der Waals surface area contributed by atoms with Crippen LogP contribution in [0.2, 0.25) is 0 Å². The van der Waals surface area contributed by atoms with E-state index in [2.05, 4.69) is 10.3 Å². The highest BCUT2D eigenvalue weighted by Crippen LogP contribution is 2.21. The van der Waals surface area contributed by atoms with Crippen LogP contribution in [0.25, 0.3) is 6.08 Å². The Bertz CT molecular complexity index is 888. The minimum absolute atomic E-state index is 0.0248. The molecule has 2 amide bonds. The van der Waals surface area contributed by atoms with Crippen LogP contribution in [-0.2, 0) is 9.59 Å². The molecular weight excluding hydrogens is 344 g/mol. The second-order valence-corrected chi connectivity index (χ2v) is 6.41. The highest BCUT2D eigenvalue weighted by molar-refractivity contribution is 6.01. The molecule has 0 spiro atoms. The molecule has 0 aromatic carbocycles. The molecule has 0 bridgehead atoms. The lowest BCUT2D eigenvalue weighted by Crippen LogP contribution is -2.42. The molecule has 2 aromatic heterocycles. The van der Waals surface area contributed by atoms with Crippen LogP contribution < -0.4 is 5.32 Å². The van der Waals surface area contributed by atoms with E-state index in [0.29, 0.717) is 37.5 Å². The largest absolute Gasteiger partial charge is 0.465 e. The fourth-order valence-corrected chi connectivity index (χ4v) is 3.01. The first-order chi connectivity index (χ1) is 13.1. The number of piperidine rings is 1. The summed E-state index contributed by atoms with van der Waals surface area (Å²) in [6, 6.07) is 10.8. The van der Waals surface area contributed by atoms with Crippen molar-refractivity contribution in [2.75, 3.05) is 18.4 Å². The maximum absolute atomic E-state index is 12.5. The molecule has 1 aliphatic heterocycles. The van der Waals surface area contributed by atoms with Crippen molar-refractivity contribution >= 4 is 23.7 Å². The number of aryl methyl sites for hydroxylation is 1. The number of aromatic nitrogens is 1. The van der Waals surface area contributed by atoms with Gasteiger partial charge in [0.25, 0.3) is 5.91 Å². The molecule has 27 heavy (non-hydrogen) atoms. The summed E-state index contributed by atoms with van der Waals surface area (Å²) in [6.07, 6.45) is 4.01. The Hall–Kier alpha value is -3.40. The van der Waals surface area contributed by atoms with Crippen LogP contribution in [0.1, 0.15) is 24.3 Å². The van der Waals surface area contributed by atoms with Gasteiger partial charge in [-0.3, -0.25) is 9.59 Å². The zero-order chi connectivity index (χ0) is 19.2. The van der Waals surface area contributed by atoms with E-state index in [0.717, 1.165) is 5.69 Å². The zero-order valence-electron chi connectivity index (χ0n) is 15.0. The minimum atomic E-state index is -0.340. The van der Waals surface area contributed by atoms with Crippen molar-refractivity contribution in [3.05, 3.63) is 53.6 Å². The van der Waals surface area contributed by atoms with Gasteiger partial charge in [-0.05, 0) is 44.0 Å². The topological polar surface area (TPSA) is 99.2 Å². The lowest BCUT2D eigenvalue weighted by atomic mass is 9.95. The van der Waals surface area contributed by atoms with Crippen molar-refractivity contribution < 1.29 is 14.0 Å². The Kier molecular flexibility index (Phi) is 5.67. The normalized spacial score (nSPS) is 15.3. The number of amides is 2. The van der Waals surface area contributed by atoms with Crippen LogP contribution in [0.5, 0.6) is 0 Å². The molecule has 1 aliphatic rings. The fourth-order valence-electron chi connectivity index (χ4n) is 3.01. The van der Waals surface area contributed by atoms with Gasteiger partial charge in [0.1, 0.15) is 23.2 Å². The summed E-state index contributed by atoms with van der Waals surface area (Å²) in [7, 11) is 0. The highest BCUT2D eigenvalue weighted by Gasteiger charge is 2.29. The molecule has 1 fully saturated rings. The summed E-state index contributed by atoms with van der Waals surface area (Å²) in [6.45, 7) is 2.72. The van der Waals surface area contributed by atoms with Crippen LogP contribution in [0.3, 0.4) is 0 Å². The molecule has 1 N–H and O–H groups in total. The summed E-state index contributed by atoms with van der Waals surface area (Å²) in [4.78, 5) is 30.8. The number of rotatable bonds is 4. The Labute approximate surface area is 157 Å². The van der Waals surface area contributed by atoms with E-state index in [1.165, 1.54) is 12.3 Å². The van der Waals surface area contributed by atoms with E-state index >= 15 is 0 Å². The molecule has 7 heteroatoms. The van der Waals surface area contributed by atoms with Crippen LogP contribution >= 0.6 is 0 Å². The number of pyridine rings is 1. The molecule has 138 valence electrons. The van der Waals surface area contributed by atoms with Gasteiger partial charge in [-0.1, -0.05) is 6.07 Å². The first kappa shape index (κ1) is 18.4. The molecule has 0 atom stereocenters. The smallest absolute Gasteiger partial charge is 0.264 e. The SMILES string of the molecule is Cc1cccc(NC(=O)C2CCN(C(=O)/C(C#N)=C\c3ccco3)CC2)n1. The molecule has 0 saturated carbocycles. The van der Waals surface area contributed by atoms with Gasteiger partial charge in [-0.25, -0.2) is 4.98 Å². The Balaban J connectivity index is 1.57. The molecule has 0 radical (unpaired) electrons. The first-order valence-corrected chi connectivity index (χ1v) is 8.76. The lowest BCUT2D eigenvalue weighted by Gasteiger charge is -2.31. The van der Waals surface area contributed by atoms with E-state index in [4.69, 9.17) is 4.42 Å². The quantitative estimate of drug-likeness (QED) is 0.664. The summed E-state index contributed by atoms with van der Waals surface area (Å²) in [5.74, 6) is 0.377. The summed E-state index contributed by atoms with van der Waals surface area (Å²) >= 11 is 0. The van der Waals surface area contributed by atoms with Crippen LogP contribution in [0, 0.1) is 24.2 Å². The van der Waals surface area contributed by atoms with Gasteiger partial charge in [-0.15, -0.1) is 0 Å². The number of carbonyl (C=O) groups is 2. The molecule has 0 aliphatic carbocycles. The minimum Gasteiger partial charge on any atom is -0.465 e. The van der Waals surface area contributed by atoms with Crippen molar-refractivity contribution in [2.45, 2.75) is 19.8 Å². The number of nitrogens with zero attached hydrogens (tertiary/aromatic N) is 3. The van der Waals surface area contributed by atoms with E-state index < -0.39 is 0 Å². The molecule has 1 saturated heterocycles. The number of carbonyl (C=O) groups excluding carboxylic acids is 2. The van der Waals surface area contributed by atoms with Gasteiger partial charge in [0.2, 0.25) is 5.91 Å². The lowest BCUT2D eigenvalue weighted by molar-refractivity contribution is -0.130. The standard InChI is InChI=1S/C20H20N4O3/c1-14-4-2-6-18(22-14)23-19(25)15-7-9-24(10-8-15)20(26)16(13-21)12-17-5-3-11-27-17/h2-6,11-12,15H,7-10H2,1H3,(H,22,23,25)/b16-12-. The van der Waals surface area contributed by atoms with Gasteiger partial charge in [0.15, 0.2) is 0 Å². The van der Waals surface area contributed by atoms with Gasteiger partial charge in [0.05, 0.1) is 6.26 Å². The van der Waals surface area contributed by atoms with Gasteiger partial charge in [0, 0.05) is 30.8 Å². The van der Waals surface area contributed by atoms with Crippen LogP contribution in [0.15, 0.2) is 46.6 Å². The van der Waals surface area contributed by atoms with Crippen LogP contribution in [0.4, 0.5) is 5.82 Å². The molecule has 2 aromatic rings. The summed E-state index contributed by atoms with van der Waals surface area (Å²) in [5.41, 5.74) is 0.859. The average Bonchev–Trinajstić information content (AvgIpc) is 3.19. The van der Waals surface area contributed by atoms with Crippen molar-refractivity contribution in [3.63, 3.8) is 0 Å². The van der Waals surface area contributed by atoms with Crippen molar-refractivity contribution in [3.8, 4) is 6.07 Å². The number of anilines is 1. The molecule has 3 heterocycles. The van der Waals surface area contributed by atoms with Crippen LogP contribution in [-0.4, -0.2) is 34.8 Å². The van der Waals surface area contributed by atoms with E-state index in [-0.39, 0.29) is 23.3 Å². The number of furan rings is 1. The number of nitrogens with one attached hydrogen (secondary N) is 1. The maximum Gasteiger partial charge on any atom is 0.264 e. The van der Waals surface area contributed by atoms with Crippen molar-refractivity contribution in [1.82, 2.24) is 9.88 Å². The predicted octanol–water partition coefficient (Wildman–Crippen LogP) is 2.77. The second kappa shape index (κ2) is 8.32. The average molecular weight is 364 g/mol. The van der Waals surface area contributed by atoms with Gasteiger partial charge in [-0.2, -0.15) is 5.26 Å². The molecule has 7 nitrogen and oxygen atoms in total. The zero-order valence-corrected chi connectivity index (χ0v) is 15.0. The Morgan fingerprint density at radius 2 is 2.07 bits per heavy atom. The molecule has 3 rings (SSSR count). The summed E-state index contributed by atoms with van der Waals surface area (Å²) < 4.78 is 5.16. The fraction of sp³-hybridized carbons (Fsp3) is 0.300.